The molecule has 0 amide bonds. The van der Waals surface area contributed by atoms with Crippen molar-refractivity contribution in [3.8, 4) is 5.75 Å². The normalized spacial score (nSPS) is 12.8. The fourth-order valence-corrected chi connectivity index (χ4v) is 3.61. The molecule has 142 valence electrons. The average molecular weight is 355 g/mol. The molecule has 0 spiro atoms. The second-order valence-electron chi connectivity index (χ2n) is 7.50. The second kappa shape index (κ2) is 9.75. The molecule has 0 aliphatic rings. The van der Waals surface area contributed by atoms with Gasteiger partial charge < -0.3 is 4.74 Å². The van der Waals surface area contributed by atoms with Gasteiger partial charge in [0.25, 0.3) is 0 Å². The Morgan fingerprint density at radius 1 is 0.962 bits per heavy atom. The van der Waals surface area contributed by atoms with Crippen molar-refractivity contribution in [2.24, 2.45) is 0 Å². The van der Waals surface area contributed by atoms with Gasteiger partial charge in [0.15, 0.2) is 0 Å². The molecule has 0 aliphatic carbocycles. The van der Waals surface area contributed by atoms with Crippen LogP contribution < -0.4 is 10.2 Å². The van der Waals surface area contributed by atoms with Crippen LogP contribution >= 0.6 is 0 Å². The van der Waals surface area contributed by atoms with E-state index < -0.39 is 0 Å². The number of ether oxygens (including phenoxy) is 1. The Hall–Kier alpha value is -1.84. The van der Waals surface area contributed by atoms with Crippen molar-refractivity contribution in [2.45, 2.75) is 59.0 Å². The Kier molecular flexibility index (Phi) is 7.67. The lowest BCUT2D eigenvalue weighted by Gasteiger charge is -2.32. The molecule has 3 heteroatoms. The van der Waals surface area contributed by atoms with Crippen molar-refractivity contribution in [1.82, 2.24) is 10.4 Å². The van der Waals surface area contributed by atoms with E-state index in [4.69, 9.17) is 4.74 Å². The van der Waals surface area contributed by atoms with Crippen LogP contribution in [0, 0.1) is 6.92 Å². The lowest BCUT2D eigenvalue weighted by Crippen LogP contribution is -2.48. The Bertz CT molecular complexity index is 659. The number of aryl methyl sites for hydroxylation is 1. The summed E-state index contributed by atoms with van der Waals surface area (Å²) in [5.41, 5.74) is 7.49. The minimum absolute atomic E-state index is 0.305. The minimum atomic E-state index is 0.305. The van der Waals surface area contributed by atoms with E-state index in [1.807, 2.05) is 0 Å². The zero-order chi connectivity index (χ0) is 19.1. The number of hydrogen-bond donors (Lipinski definition) is 1. The van der Waals surface area contributed by atoms with Gasteiger partial charge in [0.05, 0.1) is 7.11 Å². The van der Waals surface area contributed by atoms with Gasteiger partial charge in [0.2, 0.25) is 0 Å². The first kappa shape index (κ1) is 20.5. The molecule has 2 aromatic rings. The first-order chi connectivity index (χ1) is 12.4. The van der Waals surface area contributed by atoms with Gasteiger partial charge in [-0.05, 0) is 52.7 Å². The summed E-state index contributed by atoms with van der Waals surface area (Å²) in [6.45, 7) is 12.0. The van der Waals surface area contributed by atoms with Crippen LogP contribution in [0.15, 0.2) is 48.5 Å². The maximum atomic E-state index is 5.68. The van der Waals surface area contributed by atoms with Gasteiger partial charge in [-0.25, -0.2) is 5.01 Å². The van der Waals surface area contributed by atoms with E-state index in [0.717, 1.165) is 18.7 Å². The van der Waals surface area contributed by atoms with Gasteiger partial charge in [0, 0.05) is 30.1 Å². The van der Waals surface area contributed by atoms with E-state index in [0.29, 0.717) is 18.0 Å². The molecule has 1 atom stereocenters. The molecule has 2 rings (SSSR count). The van der Waals surface area contributed by atoms with Crippen LogP contribution in [0.1, 0.15) is 56.7 Å². The topological polar surface area (TPSA) is 24.5 Å². The Morgan fingerprint density at radius 2 is 1.62 bits per heavy atom. The summed E-state index contributed by atoms with van der Waals surface area (Å²) in [5.74, 6) is 1.27. The zero-order valence-electron chi connectivity index (χ0n) is 17.1. The predicted octanol–water partition coefficient (Wildman–Crippen LogP) is 5.15. The third kappa shape index (κ3) is 5.33. The van der Waals surface area contributed by atoms with Crippen LogP contribution in [0.4, 0.5) is 0 Å². The SMILES string of the molecule is COc1ccc(C)cc1C(CCNN(C(C)C)C(C)C)c1ccccc1. The average Bonchev–Trinajstić information content (AvgIpc) is 2.62. The van der Waals surface area contributed by atoms with Crippen LogP contribution in [0.5, 0.6) is 5.75 Å². The number of hydrazine groups is 1. The maximum absolute atomic E-state index is 5.68. The molecule has 0 saturated carbocycles. The van der Waals surface area contributed by atoms with Crippen LogP contribution in [-0.2, 0) is 0 Å². The molecule has 0 fully saturated rings. The molecule has 0 radical (unpaired) electrons. The third-order valence-corrected chi connectivity index (χ3v) is 4.80. The molecular formula is C23H34N2O. The first-order valence-electron chi connectivity index (χ1n) is 9.65. The molecule has 0 bridgehead atoms. The number of hydrogen-bond acceptors (Lipinski definition) is 3. The van der Waals surface area contributed by atoms with E-state index in [2.05, 4.69) is 93.6 Å². The van der Waals surface area contributed by atoms with E-state index in [1.165, 1.54) is 16.7 Å². The van der Waals surface area contributed by atoms with Crippen LogP contribution in [0.2, 0.25) is 0 Å². The van der Waals surface area contributed by atoms with Gasteiger partial charge >= 0.3 is 0 Å². The summed E-state index contributed by atoms with van der Waals surface area (Å²) in [4.78, 5) is 0. The highest BCUT2D eigenvalue weighted by Gasteiger charge is 2.20. The van der Waals surface area contributed by atoms with Crippen molar-refractivity contribution in [3.63, 3.8) is 0 Å². The number of benzene rings is 2. The highest BCUT2D eigenvalue weighted by molar-refractivity contribution is 5.44. The van der Waals surface area contributed by atoms with E-state index in [9.17, 15) is 0 Å². The fraction of sp³-hybridized carbons (Fsp3) is 0.478. The quantitative estimate of drug-likeness (QED) is 0.630. The Labute approximate surface area is 159 Å². The summed E-state index contributed by atoms with van der Waals surface area (Å²) in [6, 6.07) is 18.1. The minimum Gasteiger partial charge on any atom is -0.496 e. The standard InChI is InChI=1S/C23H34N2O/c1-17(2)25(18(3)4)24-15-14-21(20-10-8-7-9-11-20)22-16-19(5)12-13-23(22)26-6/h7-13,16-18,21,24H,14-15H2,1-6H3. The van der Waals surface area contributed by atoms with Crippen LogP contribution in [-0.4, -0.2) is 30.7 Å². The van der Waals surface area contributed by atoms with Gasteiger partial charge in [0.1, 0.15) is 5.75 Å². The van der Waals surface area contributed by atoms with Crippen molar-refractivity contribution in [1.29, 1.82) is 0 Å². The largest absolute Gasteiger partial charge is 0.496 e. The summed E-state index contributed by atoms with van der Waals surface area (Å²) >= 11 is 0. The number of rotatable bonds is 9. The molecule has 1 N–H and O–H groups in total. The highest BCUT2D eigenvalue weighted by Crippen LogP contribution is 2.34. The van der Waals surface area contributed by atoms with Gasteiger partial charge in [-0.2, -0.15) is 0 Å². The summed E-state index contributed by atoms with van der Waals surface area (Å²) in [5, 5.41) is 2.33. The Morgan fingerprint density at radius 3 is 2.19 bits per heavy atom. The fourth-order valence-electron chi connectivity index (χ4n) is 3.61. The van der Waals surface area contributed by atoms with Crippen molar-refractivity contribution in [3.05, 3.63) is 65.2 Å². The molecule has 0 saturated heterocycles. The van der Waals surface area contributed by atoms with Crippen LogP contribution in [0.3, 0.4) is 0 Å². The van der Waals surface area contributed by atoms with E-state index >= 15 is 0 Å². The van der Waals surface area contributed by atoms with E-state index in [1.54, 1.807) is 7.11 Å². The zero-order valence-corrected chi connectivity index (χ0v) is 17.1. The van der Waals surface area contributed by atoms with Gasteiger partial charge in [-0.15, -0.1) is 0 Å². The number of nitrogens with one attached hydrogen (secondary N) is 1. The molecule has 3 nitrogen and oxygen atoms in total. The van der Waals surface area contributed by atoms with Crippen molar-refractivity contribution < 1.29 is 4.74 Å². The van der Waals surface area contributed by atoms with Crippen molar-refractivity contribution in [2.75, 3.05) is 13.7 Å². The third-order valence-electron chi connectivity index (χ3n) is 4.80. The lowest BCUT2D eigenvalue weighted by atomic mass is 9.87. The molecule has 0 aromatic heterocycles. The first-order valence-corrected chi connectivity index (χ1v) is 9.65. The summed E-state index contributed by atoms with van der Waals surface area (Å²) in [7, 11) is 1.76. The predicted molar refractivity (Wildman–Crippen MR) is 111 cm³/mol. The monoisotopic (exact) mass is 354 g/mol. The number of methoxy groups -OCH3 is 1. The van der Waals surface area contributed by atoms with Gasteiger partial charge in [-0.1, -0.05) is 48.0 Å². The number of nitrogens with zero attached hydrogens (tertiary/aromatic N) is 1. The molecule has 26 heavy (non-hydrogen) atoms. The molecule has 0 aliphatic heterocycles. The highest BCUT2D eigenvalue weighted by atomic mass is 16.5. The molecule has 0 heterocycles. The summed E-state index contributed by atoms with van der Waals surface area (Å²) in [6.07, 6.45) is 1.01. The molecule has 1 unspecified atom stereocenters. The van der Waals surface area contributed by atoms with Gasteiger partial charge in [-0.3, -0.25) is 5.43 Å². The smallest absolute Gasteiger partial charge is 0.122 e. The molecular weight excluding hydrogens is 320 g/mol. The second-order valence-corrected chi connectivity index (χ2v) is 7.50. The van der Waals surface area contributed by atoms with Crippen molar-refractivity contribution >= 4 is 0 Å². The lowest BCUT2D eigenvalue weighted by molar-refractivity contribution is 0.102. The summed E-state index contributed by atoms with van der Waals surface area (Å²) < 4.78 is 5.68. The van der Waals surface area contributed by atoms with E-state index in [-0.39, 0.29) is 0 Å². The molecule has 2 aromatic carbocycles. The van der Waals surface area contributed by atoms with Crippen LogP contribution in [0.25, 0.3) is 0 Å². The maximum Gasteiger partial charge on any atom is 0.122 e. The Balaban J connectivity index is 2.25.